The predicted molar refractivity (Wildman–Crippen MR) is 91.0 cm³/mol. The average molecular weight is 383 g/mol. The zero-order chi connectivity index (χ0) is 20.4. The highest BCUT2D eigenvalue weighted by molar-refractivity contribution is 5.94. The van der Waals surface area contributed by atoms with Crippen molar-refractivity contribution >= 4 is 17.6 Å². The van der Waals surface area contributed by atoms with Crippen molar-refractivity contribution in [1.82, 2.24) is 0 Å². The number of alkyl halides is 4. The Balaban J connectivity index is 2.09. The number of aliphatic carboxylic acids is 1. The molecule has 1 atom stereocenters. The van der Waals surface area contributed by atoms with Crippen molar-refractivity contribution in [2.75, 3.05) is 5.32 Å². The van der Waals surface area contributed by atoms with Crippen LogP contribution in [0.1, 0.15) is 36.7 Å². The molecule has 2 aromatic carbocycles. The maximum atomic E-state index is 14.2. The van der Waals surface area contributed by atoms with Crippen molar-refractivity contribution in [3.8, 4) is 0 Å². The van der Waals surface area contributed by atoms with E-state index < -0.39 is 35.2 Å². The van der Waals surface area contributed by atoms with E-state index in [4.69, 9.17) is 0 Å². The molecule has 144 valence electrons. The largest absolute Gasteiger partial charge is 0.481 e. The van der Waals surface area contributed by atoms with E-state index in [1.807, 2.05) is 0 Å². The fraction of sp³-hybridized carbons (Fsp3) is 0.263. The Bertz CT molecular complexity index is 828. The molecule has 2 N–H and O–H groups in total. The summed E-state index contributed by atoms with van der Waals surface area (Å²) < 4.78 is 51.8. The number of anilines is 1. The van der Waals surface area contributed by atoms with E-state index in [0.717, 1.165) is 12.1 Å². The first kappa shape index (κ1) is 20.4. The van der Waals surface area contributed by atoms with Gasteiger partial charge in [0.05, 0.1) is 11.0 Å². The minimum atomic E-state index is -4.54. The summed E-state index contributed by atoms with van der Waals surface area (Å²) in [5.41, 5.74) is -1.54. The Morgan fingerprint density at radius 2 is 1.41 bits per heavy atom. The van der Waals surface area contributed by atoms with Crippen LogP contribution in [-0.2, 0) is 21.2 Å². The first-order valence-corrected chi connectivity index (χ1v) is 7.89. The van der Waals surface area contributed by atoms with Crippen molar-refractivity contribution in [2.45, 2.75) is 31.6 Å². The summed E-state index contributed by atoms with van der Waals surface area (Å²) in [6.45, 7) is 3.04. The van der Waals surface area contributed by atoms with Gasteiger partial charge in [-0.2, -0.15) is 13.2 Å². The number of carboxylic acid groups (broad SMARTS) is 1. The van der Waals surface area contributed by atoms with Crippen molar-refractivity contribution in [2.24, 2.45) is 0 Å². The number of nitrogens with one attached hydrogen (secondary N) is 1. The van der Waals surface area contributed by atoms with Crippen LogP contribution >= 0.6 is 0 Å². The van der Waals surface area contributed by atoms with E-state index >= 15 is 0 Å². The Morgan fingerprint density at radius 3 is 1.85 bits per heavy atom. The molecule has 1 unspecified atom stereocenters. The van der Waals surface area contributed by atoms with Gasteiger partial charge in [-0.3, -0.25) is 9.59 Å². The number of carbonyl (C=O) groups is 2. The second kappa shape index (κ2) is 7.38. The average Bonchev–Trinajstić information content (AvgIpc) is 2.60. The minimum Gasteiger partial charge on any atom is -0.481 e. The van der Waals surface area contributed by atoms with Crippen molar-refractivity contribution in [3.05, 3.63) is 65.2 Å². The minimum absolute atomic E-state index is 0.205. The van der Waals surface area contributed by atoms with E-state index in [1.165, 1.54) is 38.1 Å². The Morgan fingerprint density at radius 1 is 0.926 bits per heavy atom. The number of amides is 1. The SMILES string of the molecule is CC(C)(C(=O)O)c1ccc(NC(=O)C(F)c2ccc(C(F)(F)F)cc2)cc1. The summed E-state index contributed by atoms with van der Waals surface area (Å²) in [7, 11) is 0. The Hall–Kier alpha value is -2.90. The number of carboxylic acids is 1. The first-order valence-electron chi connectivity index (χ1n) is 7.89. The van der Waals surface area contributed by atoms with Crippen LogP contribution in [0.15, 0.2) is 48.5 Å². The van der Waals surface area contributed by atoms with Crippen molar-refractivity contribution in [3.63, 3.8) is 0 Å². The topological polar surface area (TPSA) is 66.4 Å². The number of benzene rings is 2. The van der Waals surface area contributed by atoms with E-state index in [9.17, 15) is 32.3 Å². The van der Waals surface area contributed by atoms with Crippen molar-refractivity contribution < 1.29 is 32.3 Å². The quantitative estimate of drug-likeness (QED) is 0.735. The second-order valence-electron chi connectivity index (χ2n) is 6.48. The molecule has 0 aliphatic rings. The van der Waals surface area contributed by atoms with Gasteiger partial charge in [0.2, 0.25) is 6.17 Å². The molecule has 0 spiro atoms. The van der Waals surface area contributed by atoms with Gasteiger partial charge >= 0.3 is 12.1 Å². The summed E-state index contributed by atoms with van der Waals surface area (Å²) >= 11 is 0. The van der Waals surface area contributed by atoms with Crippen LogP contribution in [0.4, 0.5) is 23.2 Å². The monoisotopic (exact) mass is 383 g/mol. The van der Waals surface area contributed by atoms with Gasteiger partial charge in [-0.15, -0.1) is 0 Å². The van der Waals surface area contributed by atoms with Crippen LogP contribution in [0.3, 0.4) is 0 Å². The lowest BCUT2D eigenvalue weighted by atomic mass is 9.85. The summed E-state index contributed by atoms with van der Waals surface area (Å²) in [6, 6.07) is 9.08. The summed E-state index contributed by atoms with van der Waals surface area (Å²) in [6.07, 6.45) is -6.69. The van der Waals surface area contributed by atoms with Gasteiger partial charge in [-0.1, -0.05) is 24.3 Å². The molecule has 2 aromatic rings. The molecular formula is C19H17F4NO3. The van der Waals surface area contributed by atoms with Crippen LogP contribution in [0, 0.1) is 0 Å². The fourth-order valence-corrected chi connectivity index (χ4v) is 2.29. The lowest BCUT2D eigenvalue weighted by molar-refractivity contribution is -0.142. The third-order valence-corrected chi connectivity index (χ3v) is 4.17. The van der Waals surface area contributed by atoms with Crippen LogP contribution in [-0.4, -0.2) is 17.0 Å². The molecule has 8 heteroatoms. The molecule has 27 heavy (non-hydrogen) atoms. The van der Waals surface area contributed by atoms with Crippen LogP contribution in [0.5, 0.6) is 0 Å². The van der Waals surface area contributed by atoms with Crippen LogP contribution in [0.25, 0.3) is 0 Å². The van der Waals surface area contributed by atoms with E-state index in [-0.39, 0.29) is 11.3 Å². The second-order valence-corrected chi connectivity index (χ2v) is 6.48. The molecule has 4 nitrogen and oxygen atoms in total. The lowest BCUT2D eigenvalue weighted by Crippen LogP contribution is -2.28. The standard InChI is InChI=1S/C19H17F4NO3/c1-18(2,17(26)27)12-7-9-14(10-8-12)24-16(25)15(20)11-3-5-13(6-4-11)19(21,22)23/h3-10,15H,1-2H3,(H,24,25)(H,26,27). The third kappa shape index (κ3) is 4.64. The van der Waals surface area contributed by atoms with Crippen LogP contribution in [0.2, 0.25) is 0 Å². The van der Waals surface area contributed by atoms with Crippen LogP contribution < -0.4 is 5.32 Å². The summed E-state index contributed by atoms with van der Waals surface area (Å²) in [5.74, 6) is -2.06. The molecule has 0 bridgehead atoms. The lowest BCUT2D eigenvalue weighted by Gasteiger charge is -2.20. The zero-order valence-electron chi connectivity index (χ0n) is 14.5. The summed E-state index contributed by atoms with van der Waals surface area (Å²) in [5, 5.41) is 11.5. The van der Waals surface area contributed by atoms with E-state index in [0.29, 0.717) is 17.7 Å². The highest BCUT2D eigenvalue weighted by Crippen LogP contribution is 2.31. The van der Waals surface area contributed by atoms with Gasteiger partial charge in [0.1, 0.15) is 0 Å². The molecule has 0 heterocycles. The van der Waals surface area contributed by atoms with Gasteiger partial charge in [0.15, 0.2) is 0 Å². The highest BCUT2D eigenvalue weighted by Gasteiger charge is 2.31. The molecule has 0 radical (unpaired) electrons. The van der Waals surface area contributed by atoms with Gasteiger partial charge in [-0.05, 0) is 49.2 Å². The molecule has 0 fully saturated rings. The Labute approximate surface area is 152 Å². The van der Waals surface area contributed by atoms with Gasteiger partial charge in [-0.25, -0.2) is 4.39 Å². The van der Waals surface area contributed by atoms with Crippen molar-refractivity contribution in [1.29, 1.82) is 0 Å². The zero-order valence-corrected chi connectivity index (χ0v) is 14.5. The molecule has 0 saturated carbocycles. The molecular weight excluding hydrogens is 366 g/mol. The fourth-order valence-electron chi connectivity index (χ4n) is 2.29. The number of rotatable bonds is 5. The first-order chi connectivity index (χ1) is 12.4. The normalized spacial score (nSPS) is 13.1. The van der Waals surface area contributed by atoms with E-state index in [1.54, 1.807) is 0 Å². The molecule has 0 aliphatic carbocycles. The number of hydrogen-bond acceptors (Lipinski definition) is 2. The van der Waals surface area contributed by atoms with Gasteiger partial charge < -0.3 is 10.4 Å². The maximum Gasteiger partial charge on any atom is 0.416 e. The molecule has 0 aromatic heterocycles. The maximum absolute atomic E-state index is 14.2. The van der Waals surface area contributed by atoms with Gasteiger partial charge in [0, 0.05) is 5.69 Å². The predicted octanol–water partition coefficient (Wildman–Crippen LogP) is 4.72. The number of halogens is 4. The smallest absolute Gasteiger partial charge is 0.416 e. The highest BCUT2D eigenvalue weighted by atomic mass is 19.4. The molecule has 0 aliphatic heterocycles. The number of carbonyl (C=O) groups excluding carboxylic acids is 1. The summed E-state index contributed by atoms with van der Waals surface area (Å²) in [4.78, 5) is 23.2. The molecule has 2 rings (SSSR count). The molecule has 1 amide bonds. The third-order valence-electron chi connectivity index (χ3n) is 4.17. The number of hydrogen-bond donors (Lipinski definition) is 2. The molecule has 0 saturated heterocycles. The van der Waals surface area contributed by atoms with E-state index in [2.05, 4.69) is 5.32 Å². The Kier molecular flexibility index (Phi) is 5.58. The van der Waals surface area contributed by atoms with Gasteiger partial charge in [0.25, 0.3) is 5.91 Å².